The minimum absolute atomic E-state index is 0.0189. The van der Waals surface area contributed by atoms with E-state index in [-0.39, 0.29) is 29.2 Å². The average molecular weight is 317 g/mol. The third-order valence-corrected chi connectivity index (χ3v) is 4.16. The second kappa shape index (κ2) is 7.57. The lowest BCUT2D eigenvalue weighted by Crippen LogP contribution is -2.45. The maximum Gasteiger partial charge on any atom is 0.223 e. The van der Waals surface area contributed by atoms with Gasteiger partial charge in [-0.2, -0.15) is 0 Å². The Morgan fingerprint density at radius 1 is 1.13 bits per heavy atom. The van der Waals surface area contributed by atoms with Crippen molar-refractivity contribution in [1.82, 2.24) is 15.6 Å². The maximum atomic E-state index is 12.2. The molecule has 0 bridgehead atoms. The van der Waals surface area contributed by atoms with Gasteiger partial charge in [-0.25, -0.2) is 0 Å². The van der Waals surface area contributed by atoms with Crippen molar-refractivity contribution < 1.29 is 9.59 Å². The molecule has 1 aromatic rings. The number of hydrogen-bond donors (Lipinski definition) is 2. The van der Waals surface area contributed by atoms with E-state index in [1.165, 1.54) is 0 Å². The molecule has 2 amide bonds. The van der Waals surface area contributed by atoms with E-state index >= 15 is 0 Å². The van der Waals surface area contributed by atoms with Crippen LogP contribution in [0.4, 0.5) is 0 Å². The summed E-state index contributed by atoms with van der Waals surface area (Å²) in [6.45, 7) is 6.48. The molecule has 1 heterocycles. The standard InChI is InChI=1S/C18H27N3O2/c1-18(2,3)21-17(23)15-8-6-14(7-9-15)16(22)20-12-13-5-4-10-19-11-13/h4-5,10-11,14-15H,6-9,12H2,1-3H3,(H,20,22)(H,21,23). The van der Waals surface area contributed by atoms with Crippen molar-refractivity contribution in [2.45, 2.75) is 58.5 Å². The van der Waals surface area contributed by atoms with Crippen LogP contribution in [0.25, 0.3) is 0 Å². The first kappa shape index (κ1) is 17.4. The van der Waals surface area contributed by atoms with Crippen molar-refractivity contribution in [1.29, 1.82) is 0 Å². The number of nitrogens with zero attached hydrogens (tertiary/aromatic N) is 1. The van der Waals surface area contributed by atoms with Crippen LogP contribution in [0.5, 0.6) is 0 Å². The monoisotopic (exact) mass is 317 g/mol. The normalized spacial score (nSPS) is 21.5. The van der Waals surface area contributed by atoms with Gasteiger partial charge in [-0.15, -0.1) is 0 Å². The number of rotatable bonds is 4. The SMILES string of the molecule is CC(C)(C)NC(=O)C1CCC(C(=O)NCc2cccnc2)CC1. The lowest BCUT2D eigenvalue weighted by Gasteiger charge is -2.30. The fourth-order valence-electron chi connectivity index (χ4n) is 2.93. The molecule has 0 aromatic carbocycles. The highest BCUT2D eigenvalue weighted by molar-refractivity contribution is 5.81. The van der Waals surface area contributed by atoms with Crippen LogP contribution in [0.15, 0.2) is 24.5 Å². The fourth-order valence-corrected chi connectivity index (χ4v) is 2.93. The van der Waals surface area contributed by atoms with Gasteiger partial charge in [0.05, 0.1) is 0 Å². The molecule has 2 N–H and O–H groups in total. The minimum Gasteiger partial charge on any atom is -0.352 e. The molecule has 1 aliphatic rings. The number of carbonyl (C=O) groups is 2. The second-order valence-corrected chi connectivity index (χ2v) is 7.37. The van der Waals surface area contributed by atoms with Gasteiger partial charge in [0, 0.05) is 36.3 Å². The summed E-state index contributed by atoms with van der Waals surface area (Å²) in [6, 6.07) is 3.81. The van der Waals surface area contributed by atoms with Gasteiger partial charge >= 0.3 is 0 Å². The third kappa shape index (κ3) is 5.66. The Morgan fingerprint density at radius 2 is 1.74 bits per heavy atom. The smallest absolute Gasteiger partial charge is 0.223 e. The van der Waals surface area contributed by atoms with E-state index in [9.17, 15) is 9.59 Å². The number of amides is 2. The Kier molecular flexibility index (Phi) is 5.74. The summed E-state index contributed by atoms with van der Waals surface area (Å²) in [5.41, 5.74) is 0.800. The summed E-state index contributed by atoms with van der Waals surface area (Å²) in [5.74, 6) is 0.261. The first-order chi connectivity index (χ1) is 10.8. The maximum absolute atomic E-state index is 12.2. The highest BCUT2D eigenvalue weighted by Gasteiger charge is 2.31. The van der Waals surface area contributed by atoms with Gasteiger partial charge in [0.25, 0.3) is 0 Å². The molecule has 1 aliphatic carbocycles. The Morgan fingerprint density at radius 3 is 2.26 bits per heavy atom. The lowest BCUT2D eigenvalue weighted by molar-refractivity contribution is -0.131. The van der Waals surface area contributed by atoms with Crippen LogP contribution >= 0.6 is 0 Å². The predicted octanol–water partition coefficient (Wildman–Crippen LogP) is 2.42. The van der Waals surface area contributed by atoms with E-state index in [0.29, 0.717) is 6.54 Å². The zero-order valence-corrected chi connectivity index (χ0v) is 14.3. The van der Waals surface area contributed by atoms with E-state index in [0.717, 1.165) is 31.2 Å². The van der Waals surface area contributed by atoms with Crippen molar-refractivity contribution in [2.24, 2.45) is 11.8 Å². The van der Waals surface area contributed by atoms with Gasteiger partial charge in [0.15, 0.2) is 0 Å². The average Bonchev–Trinajstić information content (AvgIpc) is 2.52. The van der Waals surface area contributed by atoms with Crippen molar-refractivity contribution in [3.63, 3.8) is 0 Å². The molecule has 23 heavy (non-hydrogen) atoms. The van der Waals surface area contributed by atoms with Gasteiger partial charge in [-0.05, 0) is 58.1 Å². The molecule has 5 nitrogen and oxygen atoms in total. The van der Waals surface area contributed by atoms with Crippen molar-refractivity contribution in [3.8, 4) is 0 Å². The Balaban J connectivity index is 1.75. The van der Waals surface area contributed by atoms with Gasteiger partial charge in [0.2, 0.25) is 11.8 Å². The Labute approximate surface area is 138 Å². The van der Waals surface area contributed by atoms with Crippen LogP contribution in [0, 0.1) is 11.8 Å². The molecular weight excluding hydrogens is 290 g/mol. The van der Waals surface area contributed by atoms with Crippen LogP contribution in [0.1, 0.15) is 52.0 Å². The molecular formula is C18H27N3O2. The van der Waals surface area contributed by atoms with E-state index in [4.69, 9.17) is 0 Å². The summed E-state index contributed by atoms with van der Waals surface area (Å²) in [7, 11) is 0. The van der Waals surface area contributed by atoms with Crippen molar-refractivity contribution in [2.75, 3.05) is 0 Å². The van der Waals surface area contributed by atoms with Gasteiger partial charge < -0.3 is 10.6 Å². The molecule has 5 heteroatoms. The molecule has 0 saturated heterocycles. The number of pyridine rings is 1. The first-order valence-corrected chi connectivity index (χ1v) is 8.34. The minimum atomic E-state index is -0.199. The number of hydrogen-bond acceptors (Lipinski definition) is 3. The molecule has 0 spiro atoms. The van der Waals surface area contributed by atoms with Crippen LogP contribution in [0.3, 0.4) is 0 Å². The molecule has 2 rings (SSSR count). The summed E-state index contributed by atoms with van der Waals surface area (Å²) >= 11 is 0. The van der Waals surface area contributed by atoms with Gasteiger partial charge in [-0.1, -0.05) is 6.07 Å². The molecule has 0 atom stereocenters. The van der Waals surface area contributed by atoms with Crippen LogP contribution in [0.2, 0.25) is 0 Å². The zero-order valence-electron chi connectivity index (χ0n) is 14.3. The third-order valence-electron chi connectivity index (χ3n) is 4.16. The largest absolute Gasteiger partial charge is 0.352 e. The van der Waals surface area contributed by atoms with Crippen LogP contribution in [-0.4, -0.2) is 22.3 Å². The highest BCUT2D eigenvalue weighted by atomic mass is 16.2. The topological polar surface area (TPSA) is 71.1 Å². The van der Waals surface area contributed by atoms with Crippen LogP contribution < -0.4 is 10.6 Å². The Hall–Kier alpha value is -1.91. The van der Waals surface area contributed by atoms with Gasteiger partial charge in [-0.3, -0.25) is 14.6 Å². The molecule has 126 valence electrons. The van der Waals surface area contributed by atoms with Crippen LogP contribution in [-0.2, 0) is 16.1 Å². The molecule has 1 fully saturated rings. The summed E-state index contributed by atoms with van der Waals surface area (Å²) in [6.07, 6.45) is 6.60. The number of aromatic nitrogens is 1. The predicted molar refractivity (Wildman–Crippen MR) is 89.4 cm³/mol. The van der Waals surface area contributed by atoms with Crippen molar-refractivity contribution >= 4 is 11.8 Å². The molecule has 0 aliphatic heterocycles. The molecule has 0 radical (unpaired) electrons. The molecule has 1 saturated carbocycles. The Bertz CT molecular complexity index is 529. The lowest BCUT2D eigenvalue weighted by atomic mass is 9.81. The number of nitrogens with one attached hydrogen (secondary N) is 2. The van der Waals surface area contributed by atoms with E-state index < -0.39 is 0 Å². The first-order valence-electron chi connectivity index (χ1n) is 8.34. The van der Waals surface area contributed by atoms with Gasteiger partial charge in [0.1, 0.15) is 0 Å². The van der Waals surface area contributed by atoms with E-state index in [2.05, 4.69) is 15.6 Å². The fraction of sp³-hybridized carbons (Fsp3) is 0.611. The van der Waals surface area contributed by atoms with E-state index in [1.54, 1.807) is 12.4 Å². The molecule has 1 aromatic heterocycles. The second-order valence-electron chi connectivity index (χ2n) is 7.37. The summed E-state index contributed by atoms with van der Waals surface area (Å²) in [4.78, 5) is 28.5. The van der Waals surface area contributed by atoms with E-state index in [1.807, 2.05) is 32.9 Å². The summed E-state index contributed by atoms with van der Waals surface area (Å²) < 4.78 is 0. The quantitative estimate of drug-likeness (QED) is 0.896. The summed E-state index contributed by atoms with van der Waals surface area (Å²) in [5, 5.41) is 6.00. The van der Waals surface area contributed by atoms with Crippen molar-refractivity contribution in [3.05, 3.63) is 30.1 Å². The zero-order chi connectivity index (χ0) is 16.9. The highest BCUT2D eigenvalue weighted by Crippen LogP contribution is 2.29. The number of carbonyl (C=O) groups excluding carboxylic acids is 2. The molecule has 0 unspecified atom stereocenters.